The van der Waals surface area contributed by atoms with Crippen LogP contribution in [-0.2, 0) is 4.79 Å². The van der Waals surface area contributed by atoms with Crippen molar-refractivity contribution in [2.24, 2.45) is 5.41 Å². The summed E-state index contributed by atoms with van der Waals surface area (Å²) >= 11 is 0. The molecule has 0 spiro atoms. The van der Waals surface area contributed by atoms with E-state index in [1.807, 2.05) is 19.1 Å². The number of carbonyl (C=O) groups is 1. The molecule has 4 N–H and O–H groups in total. The third-order valence-corrected chi connectivity index (χ3v) is 5.01. The van der Waals surface area contributed by atoms with Gasteiger partial charge in [-0.05, 0) is 64.9 Å². The van der Waals surface area contributed by atoms with Gasteiger partial charge in [0.2, 0.25) is 11.9 Å². The molecule has 2 rings (SSSR count). The van der Waals surface area contributed by atoms with Crippen LogP contribution in [0.5, 0.6) is 0 Å². The Morgan fingerprint density at radius 2 is 1.94 bits per heavy atom. The summed E-state index contributed by atoms with van der Waals surface area (Å²) in [6.45, 7) is 9.33. The number of benzene rings is 1. The standard InChI is InChI=1S/C25H33N7O/c1-6-14-28-22-20(11-12-25(3,4)13-15-29-23(33)18(2)27-5)17-30-24(32-22)31-21-9-7-19(16-26)8-10-21/h7-10,17-18,27H,6,13-15H2,1-5H3,(H,29,33)(H2,28,30,31,32)/t18-/m0/s1. The van der Waals surface area contributed by atoms with Crippen LogP contribution in [0.4, 0.5) is 17.5 Å². The third-order valence-electron chi connectivity index (χ3n) is 5.01. The second-order valence-corrected chi connectivity index (χ2v) is 8.38. The lowest BCUT2D eigenvalue weighted by molar-refractivity contribution is -0.122. The molecule has 0 aliphatic heterocycles. The van der Waals surface area contributed by atoms with Crippen molar-refractivity contribution < 1.29 is 4.79 Å². The molecule has 1 heterocycles. The van der Waals surface area contributed by atoms with Gasteiger partial charge in [0.05, 0.1) is 29.4 Å². The Morgan fingerprint density at radius 1 is 1.21 bits per heavy atom. The highest BCUT2D eigenvalue weighted by atomic mass is 16.2. The quantitative estimate of drug-likeness (QED) is 0.413. The Bertz CT molecular complexity index is 1030. The van der Waals surface area contributed by atoms with Gasteiger partial charge in [-0.25, -0.2) is 4.98 Å². The van der Waals surface area contributed by atoms with E-state index in [2.05, 4.69) is 69.9 Å². The van der Waals surface area contributed by atoms with Crippen LogP contribution in [0.3, 0.4) is 0 Å². The van der Waals surface area contributed by atoms with Crippen molar-refractivity contribution in [2.75, 3.05) is 30.8 Å². The number of anilines is 3. The molecular weight excluding hydrogens is 414 g/mol. The van der Waals surface area contributed by atoms with Gasteiger partial charge in [0.25, 0.3) is 0 Å². The molecule has 0 saturated heterocycles. The first kappa shape index (κ1) is 25.6. The van der Waals surface area contributed by atoms with E-state index in [1.165, 1.54) is 0 Å². The maximum Gasteiger partial charge on any atom is 0.236 e. The Kier molecular flexibility index (Phi) is 9.65. The zero-order chi connectivity index (χ0) is 24.3. The molecule has 1 amide bonds. The summed E-state index contributed by atoms with van der Waals surface area (Å²) in [7, 11) is 1.76. The number of nitriles is 1. The summed E-state index contributed by atoms with van der Waals surface area (Å²) in [5.41, 5.74) is 1.81. The van der Waals surface area contributed by atoms with Crippen LogP contribution < -0.4 is 21.3 Å². The fourth-order valence-corrected chi connectivity index (χ4v) is 2.75. The van der Waals surface area contributed by atoms with Gasteiger partial charge in [0.15, 0.2) is 0 Å². The number of hydrogen-bond donors (Lipinski definition) is 4. The van der Waals surface area contributed by atoms with Crippen molar-refractivity contribution in [3.8, 4) is 17.9 Å². The van der Waals surface area contributed by atoms with E-state index in [9.17, 15) is 4.79 Å². The molecule has 0 radical (unpaired) electrons. The fourth-order valence-electron chi connectivity index (χ4n) is 2.75. The Morgan fingerprint density at radius 3 is 2.58 bits per heavy atom. The second kappa shape index (κ2) is 12.4. The maximum absolute atomic E-state index is 11.9. The van der Waals surface area contributed by atoms with E-state index in [4.69, 9.17) is 5.26 Å². The van der Waals surface area contributed by atoms with Crippen LogP contribution in [-0.4, -0.2) is 42.1 Å². The number of aromatic nitrogens is 2. The van der Waals surface area contributed by atoms with Crippen molar-refractivity contribution >= 4 is 23.4 Å². The molecule has 0 saturated carbocycles. The number of nitrogens with zero attached hydrogens (tertiary/aromatic N) is 3. The first-order chi connectivity index (χ1) is 15.8. The lowest BCUT2D eigenvalue weighted by atomic mass is 9.90. The van der Waals surface area contributed by atoms with Crippen LogP contribution in [0.2, 0.25) is 0 Å². The van der Waals surface area contributed by atoms with Crippen molar-refractivity contribution in [3.05, 3.63) is 41.6 Å². The molecule has 2 aromatic rings. The first-order valence-electron chi connectivity index (χ1n) is 11.1. The number of hydrogen-bond acceptors (Lipinski definition) is 7. The largest absolute Gasteiger partial charge is 0.369 e. The van der Waals surface area contributed by atoms with E-state index < -0.39 is 0 Å². The smallest absolute Gasteiger partial charge is 0.236 e. The van der Waals surface area contributed by atoms with E-state index in [-0.39, 0.29) is 17.4 Å². The number of amides is 1. The molecule has 0 bridgehead atoms. The van der Waals surface area contributed by atoms with Crippen molar-refractivity contribution in [1.82, 2.24) is 20.6 Å². The minimum atomic E-state index is -0.294. The summed E-state index contributed by atoms with van der Waals surface area (Å²) in [6.07, 6.45) is 3.38. The molecule has 0 unspecified atom stereocenters. The summed E-state index contributed by atoms with van der Waals surface area (Å²) in [6, 6.07) is 8.98. The first-order valence-corrected chi connectivity index (χ1v) is 11.1. The van der Waals surface area contributed by atoms with Gasteiger partial charge in [-0.2, -0.15) is 10.2 Å². The highest BCUT2D eigenvalue weighted by molar-refractivity contribution is 5.81. The third kappa shape index (κ3) is 8.44. The molecule has 0 aliphatic carbocycles. The molecular formula is C25H33N7O. The lowest BCUT2D eigenvalue weighted by Crippen LogP contribution is -2.41. The molecule has 174 valence electrons. The average molecular weight is 448 g/mol. The van der Waals surface area contributed by atoms with E-state index in [0.717, 1.165) is 30.6 Å². The molecule has 33 heavy (non-hydrogen) atoms. The van der Waals surface area contributed by atoms with E-state index in [1.54, 1.807) is 25.4 Å². The molecule has 8 heteroatoms. The van der Waals surface area contributed by atoms with Crippen LogP contribution in [0, 0.1) is 28.6 Å². The van der Waals surface area contributed by atoms with Gasteiger partial charge in [0, 0.05) is 24.2 Å². The molecule has 8 nitrogen and oxygen atoms in total. The van der Waals surface area contributed by atoms with E-state index >= 15 is 0 Å². The Hall–Kier alpha value is -3.62. The van der Waals surface area contributed by atoms with Gasteiger partial charge in [0.1, 0.15) is 5.82 Å². The van der Waals surface area contributed by atoms with Crippen LogP contribution >= 0.6 is 0 Å². The monoisotopic (exact) mass is 447 g/mol. The molecule has 1 aromatic carbocycles. The predicted molar refractivity (Wildman–Crippen MR) is 132 cm³/mol. The SMILES string of the molecule is CCCNc1nc(Nc2ccc(C#N)cc2)ncc1C#CC(C)(C)CCNC(=O)[C@H](C)NC. The zero-order valence-corrected chi connectivity index (χ0v) is 20.0. The summed E-state index contributed by atoms with van der Waals surface area (Å²) in [5.74, 6) is 7.61. The van der Waals surface area contributed by atoms with Crippen LogP contribution in [0.15, 0.2) is 30.5 Å². The van der Waals surface area contributed by atoms with Crippen molar-refractivity contribution in [2.45, 2.75) is 46.6 Å². The number of rotatable bonds is 10. The minimum Gasteiger partial charge on any atom is -0.369 e. The Labute approximate surface area is 196 Å². The molecule has 1 aromatic heterocycles. The highest BCUT2D eigenvalue weighted by Crippen LogP contribution is 2.21. The highest BCUT2D eigenvalue weighted by Gasteiger charge is 2.16. The van der Waals surface area contributed by atoms with Crippen molar-refractivity contribution in [3.63, 3.8) is 0 Å². The van der Waals surface area contributed by atoms with Crippen LogP contribution in [0.1, 0.15) is 51.7 Å². The maximum atomic E-state index is 11.9. The average Bonchev–Trinajstić information content (AvgIpc) is 2.81. The summed E-state index contributed by atoms with van der Waals surface area (Å²) in [4.78, 5) is 20.9. The van der Waals surface area contributed by atoms with Gasteiger partial charge in [-0.15, -0.1) is 0 Å². The van der Waals surface area contributed by atoms with Gasteiger partial charge >= 0.3 is 0 Å². The predicted octanol–water partition coefficient (Wildman–Crippen LogP) is 3.41. The second-order valence-electron chi connectivity index (χ2n) is 8.38. The van der Waals surface area contributed by atoms with Gasteiger partial charge in [-0.3, -0.25) is 4.79 Å². The fraction of sp³-hybridized carbons (Fsp3) is 0.440. The number of carbonyl (C=O) groups excluding carboxylic acids is 1. The lowest BCUT2D eigenvalue weighted by Gasteiger charge is -2.19. The Balaban J connectivity index is 2.12. The zero-order valence-electron chi connectivity index (χ0n) is 20.0. The summed E-state index contributed by atoms with van der Waals surface area (Å²) in [5, 5.41) is 21.3. The summed E-state index contributed by atoms with van der Waals surface area (Å²) < 4.78 is 0. The van der Waals surface area contributed by atoms with Gasteiger partial charge < -0.3 is 21.3 Å². The minimum absolute atomic E-state index is 0.0222. The normalized spacial score (nSPS) is 11.5. The number of likely N-dealkylation sites (N-methyl/N-ethyl adjacent to an activating group) is 1. The topological polar surface area (TPSA) is 115 Å². The van der Waals surface area contributed by atoms with Crippen molar-refractivity contribution in [1.29, 1.82) is 5.26 Å². The number of nitrogens with one attached hydrogen (secondary N) is 4. The molecule has 0 fully saturated rings. The molecule has 0 aliphatic rings. The van der Waals surface area contributed by atoms with E-state index in [0.29, 0.717) is 23.9 Å². The van der Waals surface area contributed by atoms with Crippen LogP contribution in [0.25, 0.3) is 0 Å². The van der Waals surface area contributed by atoms with Gasteiger partial charge in [-0.1, -0.05) is 18.8 Å². The molecule has 1 atom stereocenters.